The van der Waals surface area contributed by atoms with Gasteiger partial charge in [0.25, 0.3) is 0 Å². The van der Waals surface area contributed by atoms with E-state index in [9.17, 15) is 9.59 Å². The summed E-state index contributed by atoms with van der Waals surface area (Å²) < 4.78 is 4.96. The quantitative estimate of drug-likeness (QED) is 0.175. The van der Waals surface area contributed by atoms with Gasteiger partial charge in [-0.05, 0) is 39.9 Å². The molecule has 0 spiro atoms. The molecule has 0 fully saturated rings. The van der Waals surface area contributed by atoms with Crippen molar-refractivity contribution in [3.8, 4) is 0 Å². The van der Waals surface area contributed by atoms with Crippen LogP contribution in [0.15, 0.2) is 140 Å². The van der Waals surface area contributed by atoms with Gasteiger partial charge in [-0.3, -0.25) is 4.79 Å². The Hall–Kier alpha value is -4.76. The molecule has 0 amide bonds. The maximum absolute atomic E-state index is 14.5. The van der Waals surface area contributed by atoms with Crippen LogP contribution in [0.1, 0.15) is 60.4 Å². The average molecular weight is 509 g/mol. The van der Waals surface area contributed by atoms with Crippen molar-refractivity contribution in [2.75, 3.05) is 7.11 Å². The first-order valence-electron chi connectivity index (χ1n) is 13.1. The summed E-state index contributed by atoms with van der Waals surface area (Å²) >= 11 is 0. The van der Waals surface area contributed by atoms with Gasteiger partial charge in [-0.2, -0.15) is 0 Å². The Morgan fingerprint density at radius 1 is 0.590 bits per heavy atom. The van der Waals surface area contributed by atoms with Gasteiger partial charge in [-0.15, -0.1) is 0 Å². The van der Waals surface area contributed by atoms with E-state index in [2.05, 4.69) is 66.7 Å². The minimum atomic E-state index is -0.638. The van der Waals surface area contributed by atoms with Gasteiger partial charge >= 0.3 is 5.97 Å². The Morgan fingerprint density at radius 3 is 1.67 bits per heavy atom. The van der Waals surface area contributed by atoms with Crippen molar-refractivity contribution in [3.05, 3.63) is 178 Å². The van der Waals surface area contributed by atoms with Crippen LogP contribution in [-0.4, -0.2) is 18.9 Å². The van der Waals surface area contributed by atoms with Crippen molar-refractivity contribution in [3.63, 3.8) is 0 Å². The predicted molar refractivity (Wildman–Crippen MR) is 153 cm³/mol. The Balaban J connectivity index is 1.69. The molecule has 0 aliphatic heterocycles. The first kappa shape index (κ1) is 24.6. The fourth-order valence-electron chi connectivity index (χ4n) is 6.42. The summed E-state index contributed by atoms with van der Waals surface area (Å²) in [6.45, 7) is 0. The van der Waals surface area contributed by atoms with Crippen LogP contribution in [0.4, 0.5) is 0 Å². The Kier molecular flexibility index (Phi) is 6.42. The van der Waals surface area contributed by atoms with E-state index < -0.39 is 11.3 Å². The second-order valence-electron chi connectivity index (χ2n) is 9.93. The van der Waals surface area contributed by atoms with E-state index in [0.29, 0.717) is 11.1 Å². The largest absolute Gasteiger partial charge is 0.465 e. The molecule has 0 unspecified atom stereocenters. The molecule has 0 saturated carbocycles. The van der Waals surface area contributed by atoms with Gasteiger partial charge in [0.05, 0.1) is 24.0 Å². The van der Waals surface area contributed by atoms with Gasteiger partial charge in [0.1, 0.15) is 0 Å². The maximum atomic E-state index is 14.5. The van der Waals surface area contributed by atoms with Crippen molar-refractivity contribution in [1.29, 1.82) is 0 Å². The van der Waals surface area contributed by atoms with E-state index in [1.807, 2.05) is 60.7 Å². The van der Waals surface area contributed by atoms with Gasteiger partial charge in [-0.25, -0.2) is 4.79 Å². The lowest BCUT2D eigenvalue weighted by atomic mass is 9.61. The number of Topliss-reactive ketones (excluding diaryl/α,β-unsaturated/α-hetero) is 1. The van der Waals surface area contributed by atoms with Gasteiger partial charge < -0.3 is 4.74 Å². The molecule has 6 rings (SSSR count). The summed E-state index contributed by atoms with van der Waals surface area (Å²) in [5, 5.41) is 0. The molecule has 0 aromatic heterocycles. The number of ether oxygens (including phenoxy) is 1. The molecular formula is C36H28O3. The highest BCUT2D eigenvalue weighted by atomic mass is 16.5. The molecule has 5 aromatic rings. The fourth-order valence-corrected chi connectivity index (χ4v) is 6.42. The number of esters is 1. The van der Waals surface area contributed by atoms with E-state index in [0.717, 1.165) is 27.8 Å². The fraction of sp³-hybridized carbons (Fsp3) is 0.111. The second kappa shape index (κ2) is 10.2. The number of fused-ring (bicyclic) bond motifs is 1. The SMILES string of the molecule is COC(=O)c1ccc([C@@H]2[C@@H](C(=O)c3ccccc3)c3ccccc3C2(c2ccccc2)c2ccccc2)cc1. The zero-order valence-corrected chi connectivity index (χ0v) is 21.7. The van der Waals surface area contributed by atoms with E-state index in [1.54, 1.807) is 12.1 Å². The van der Waals surface area contributed by atoms with E-state index in [-0.39, 0.29) is 17.7 Å². The molecule has 0 N–H and O–H groups in total. The summed E-state index contributed by atoms with van der Waals surface area (Å²) in [5.41, 5.74) is 5.91. The number of carbonyl (C=O) groups is 2. The molecule has 39 heavy (non-hydrogen) atoms. The summed E-state index contributed by atoms with van der Waals surface area (Å²) in [7, 11) is 1.38. The van der Waals surface area contributed by atoms with Crippen LogP contribution in [0.5, 0.6) is 0 Å². The monoisotopic (exact) mass is 508 g/mol. The Morgan fingerprint density at radius 2 is 1.10 bits per heavy atom. The van der Waals surface area contributed by atoms with Crippen LogP contribution in [0.3, 0.4) is 0 Å². The van der Waals surface area contributed by atoms with Gasteiger partial charge in [-0.1, -0.05) is 127 Å². The van der Waals surface area contributed by atoms with Crippen molar-refractivity contribution in [2.24, 2.45) is 0 Å². The zero-order chi connectivity index (χ0) is 26.8. The highest BCUT2D eigenvalue weighted by Gasteiger charge is 2.56. The number of benzene rings is 5. The lowest BCUT2D eigenvalue weighted by molar-refractivity contribution is 0.0600. The molecule has 0 heterocycles. The number of methoxy groups -OCH3 is 1. The number of hydrogen-bond donors (Lipinski definition) is 0. The molecule has 3 nitrogen and oxygen atoms in total. The van der Waals surface area contributed by atoms with E-state index in [1.165, 1.54) is 7.11 Å². The standard InChI is InChI=1S/C36H28O3/c1-39-35(38)27-23-21-25(22-24-27)33-32(34(37)26-13-5-2-6-14-26)30-19-11-12-20-31(30)36(33,28-15-7-3-8-16-28)29-17-9-4-10-18-29/h2-24,32-33H,1H3/t32-,33+/m0/s1. The maximum Gasteiger partial charge on any atom is 0.337 e. The number of carbonyl (C=O) groups excluding carboxylic acids is 2. The molecule has 1 aliphatic rings. The van der Waals surface area contributed by atoms with Gasteiger partial charge in [0.15, 0.2) is 5.78 Å². The summed E-state index contributed by atoms with van der Waals surface area (Å²) in [5.74, 6) is -1.00. The van der Waals surface area contributed by atoms with Crippen molar-refractivity contribution < 1.29 is 14.3 Å². The smallest absolute Gasteiger partial charge is 0.337 e. The van der Waals surface area contributed by atoms with Crippen molar-refractivity contribution in [1.82, 2.24) is 0 Å². The molecule has 190 valence electrons. The summed E-state index contributed by atoms with van der Waals surface area (Å²) in [4.78, 5) is 26.8. The van der Waals surface area contributed by atoms with Gasteiger partial charge in [0, 0.05) is 11.5 Å². The number of ketones is 1. The minimum absolute atomic E-state index is 0.0823. The molecule has 0 bridgehead atoms. The average Bonchev–Trinajstić information content (AvgIpc) is 3.33. The van der Waals surface area contributed by atoms with Crippen LogP contribution in [0.2, 0.25) is 0 Å². The third kappa shape index (κ3) is 3.98. The number of hydrogen-bond acceptors (Lipinski definition) is 3. The number of rotatable bonds is 6. The molecule has 3 heteroatoms. The van der Waals surface area contributed by atoms with Crippen LogP contribution in [0.25, 0.3) is 0 Å². The van der Waals surface area contributed by atoms with Crippen molar-refractivity contribution in [2.45, 2.75) is 17.3 Å². The third-order valence-corrected chi connectivity index (χ3v) is 8.01. The van der Waals surface area contributed by atoms with Crippen LogP contribution < -0.4 is 0 Å². The van der Waals surface area contributed by atoms with Crippen LogP contribution >= 0.6 is 0 Å². The predicted octanol–water partition coefficient (Wildman–Crippen LogP) is 7.57. The molecular weight excluding hydrogens is 480 g/mol. The van der Waals surface area contributed by atoms with Gasteiger partial charge in [0.2, 0.25) is 0 Å². The van der Waals surface area contributed by atoms with Crippen LogP contribution in [0, 0.1) is 0 Å². The lowest BCUT2D eigenvalue weighted by Crippen LogP contribution is -2.35. The molecule has 0 saturated heterocycles. The van der Waals surface area contributed by atoms with Crippen LogP contribution in [-0.2, 0) is 10.2 Å². The van der Waals surface area contributed by atoms with E-state index >= 15 is 0 Å². The third-order valence-electron chi connectivity index (χ3n) is 8.01. The Labute approximate surface area is 228 Å². The second-order valence-corrected chi connectivity index (χ2v) is 9.93. The normalized spacial score (nSPS) is 17.3. The first-order valence-corrected chi connectivity index (χ1v) is 13.1. The minimum Gasteiger partial charge on any atom is -0.465 e. The first-order chi connectivity index (χ1) is 19.2. The highest BCUT2D eigenvalue weighted by molar-refractivity contribution is 6.03. The molecule has 1 aliphatic carbocycles. The van der Waals surface area contributed by atoms with Crippen molar-refractivity contribution >= 4 is 11.8 Å². The molecule has 2 atom stereocenters. The van der Waals surface area contributed by atoms with E-state index in [4.69, 9.17) is 4.74 Å². The molecule has 0 radical (unpaired) electrons. The Bertz CT molecular complexity index is 1570. The summed E-state index contributed by atoms with van der Waals surface area (Å²) in [6.07, 6.45) is 0. The highest BCUT2D eigenvalue weighted by Crippen LogP contribution is 2.62. The lowest BCUT2D eigenvalue weighted by Gasteiger charge is -2.40. The molecule has 5 aromatic carbocycles. The zero-order valence-electron chi connectivity index (χ0n) is 21.7. The topological polar surface area (TPSA) is 43.4 Å². The summed E-state index contributed by atoms with van der Waals surface area (Å²) in [6, 6.07) is 46.4.